The van der Waals surface area contributed by atoms with Gasteiger partial charge in [-0.2, -0.15) is 39.5 Å². The second-order valence-corrected chi connectivity index (χ2v) is 6.30. The molecule has 0 aliphatic heterocycles. The van der Waals surface area contributed by atoms with Gasteiger partial charge in [0.2, 0.25) is 0 Å². The molecule has 0 atom stereocenters. The largest absolute Gasteiger partial charge is 0.462 e. The Kier molecular flexibility index (Phi) is 5.46. The third-order valence-corrected chi connectivity index (χ3v) is 4.67. The number of ether oxygens (including phenoxy) is 1. The van der Waals surface area contributed by atoms with Crippen LogP contribution in [0.15, 0.2) is 0 Å². The van der Waals surface area contributed by atoms with Crippen LogP contribution >= 0.6 is 22.7 Å². The Labute approximate surface area is 129 Å². The van der Waals surface area contributed by atoms with Crippen LogP contribution in [0.2, 0.25) is 0 Å². The maximum absolute atomic E-state index is 12.7. The van der Waals surface area contributed by atoms with E-state index in [0.717, 1.165) is 0 Å². The van der Waals surface area contributed by atoms with Crippen molar-refractivity contribution in [2.75, 3.05) is 6.61 Å². The lowest BCUT2D eigenvalue weighted by molar-refractivity contribution is -0.143. The van der Waals surface area contributed by atoms with E-state index in [9.17, 15) is 44.3 Å². The van der Waals surface area contributed by atoms with Crippen LogP contribution in [0.25, 0.3) is 11.1 Å². The predicted molar refractivity (Wildman–Crippen MR) is 63.1 cm³/mol. The van der Waals surface area contributed by atoms with Gasteiger partial charge < -0.3 is 4.74 Å². The van der Waals surface area contributed by atoms with Crippen LogP contribution in [0.3, 0.4) is 0 Å². The van der Waals surface area contributed by atoms with Gasteiger partial charge in [0.15, 0.2) is 11.1 Å². The number of carbonyl (C=O) groups is 1. The minimum Gasteiger partial charge on any atom is -0.462 e. The van der Waals surface area contributed by atoms with Gasteiger partial charge in [-0.3, -0.25) is 0 Å². The molecule has 23 heavy (non-hydrogen) atoms. The summed E-state index contributed by atoms with van der Waals surface area (Å²) < 4.78 is 114. The normalized spacial score (nSPS) is 13.1. The molecule has 0 spiro atoms. The quantitative estimate of drug-likeness (QED) is 0.570. The number of hydrogen-bond donors (Lipinski definition) is 0. The van der Waals surface area contributed by atoms with E-state index in [-0.39, 0.29) is 0 Å². The number of hydrogen-bond acceptors (Lipinski definition) is 4. The topological polar surface area (TPSA) is 26.3 Å². The molecule has 0 aromatic carbocycles. The Morgan fingerprint density at radius 3 is 1.61 bits per heavy atom. The van der Waals surface area contributed by atoms with Gasteiger partial charge in [0.1, 0.15) is 3.85 Å². The summed E-state index contributed by atoms with van der Waals surface area (Å²) in [5.41, 5.74) is -4.84. The Hall–Kier alpha value is -1.24. The summed E-state index contributed by atoms with van der Waals surface area (Å²) in [5.74, 6) is -1.87. The number of alkyl halides is 9. The number of esters is 1. The van der Waals surface area contributed by atoms with Gasteiger partial charge in [0.05, 0.1) is 10.5 Å². The van der Waals surface area contributed by atoms with Crippen molar-refractivity contribution in [2.24, 2.45) is 0 Å². The molecule has 1 aromatic rings. The summed E-state index contributed by atoms with van der Waals surface area (Å²) in [4.78, 5) is 11.2. The van der Waals surface area contributed by atoms with E-state index in [2.05, 4.69) is 4.74 Å². The lowest BCUT2D eigenvalue weighted by Gasteiger charge is -2.15. The van der Waals surface area contributed by atoms with E-state index >= 15 is 0 Å². The van der Waals surface area contributed by atoms with Crippen molar-refractivity contribution < 1.29 is 49.0 Å². The lowest BCUT2D eigenvalue weighted by Crippen LogP contribution is -2.35. The number of rotatable bonds is 2. The summed E-state index contributed by atoms with van der Waals surface area (Å²) in [5, 5.41) is 0. The van der Waals surface area contributed by atoms with Gasteiger partial charge in [-0.15, -0.1) is 22.7 Å². The molecule has 0 fully saturated rings. The highest BCUT2D eigenvalue weighted by Gasteiger charge is 2.52. The molecule has 1 aromatic heterocycles. The van der Waals surface area contributed by atoms with Crippen LogP contribution in [0, 0.1) is 0 Å². The van der Waals surface area contributed by atoms with Crippen molar-refractivity contribution in [1.29, 1.82) is 0 Å². The van der Waals surface area contributed by atoms with E-state index in [1.165, 1.54) is 6.92 Å². The smallest absolute Gasteiger partial charge is 0.425 e. The Morgan fingerprint density at radius 1 is 0.870 bits per heavy atom. The second-order valence-electron chi connectivity index (χ2n) is 3.74. The molecule has 1 rings (SSSR count). The minimum atomic E-state index is -5.79. The highest BCUT2D eigenvalue weighted by molar-refractivity contribution is 7.36. The molecule has 0 amide bonds. The maximum atomic E-state index is 12.7. The molecular weight excluding hydrogens is 387 g/mol. The van der Waals surface area contributed by atoms with Crippen molar-refractivity contribution >= 4 is 39.8 Å². The first kappa shape index (κ1) is 19.8. The molecular formula is C10H5F9O2S2. The molecule has 0 N–H and O–H groups in total. The van der Waals surface area contributed by atoms with Crippen LogP contribution in [-0.4, -0.2) is 31.1 Å². The summed E-state index contributed by atoms with van der Waals surface area (Å²) >= 11 is -0.828. The fraction of sp³-hybridized carbons (Fsp3) is 0.500. The van der Waals surface area contributed by atoms with Crippen LogP contribution in [-0.2, 0) is 9.53 Å². The SMILES string of the molecule is CCOC(=O)C(=c1sc(=C(C(F)(F)F)C(F)(F)F)s1)C(F)(F)F. The Morgan fingerprint density at radius 2 is 1.30 bits per heavy atom. The van der Waals surface area contributed by atoms with Crippen LogP contribution in [0.5, 0.6) is 0 Å². The summed E-state index contributed by atoms with van der Waals surface area (Å²) in [7, 11) is 0. The van der Waals surface area contributed by atoms with E-state index in [1.54, 1.807) is 0 Å². The number of halogens is 9. The molecule has 0 aliphatic carbocycles. The Bertz CT molecular complexity index is 653. The average molecular weight is 392 g/mol. The van der Waals surface area contributed by atoms with E-state index in [4.69, 9.17) is 0 Å². The van der Waals surface area contributed by atoms with Gasteiger partial charge in [-0.05, 0) is 6.92 Å². The highest BCUT2D eigenvalue weighted by atomic mass is 32.2. The first-order valence-electron chi connectivity index (χ1n) is 5.42. The lowest BCUT2D eigenvalue weighted by atomic mass is 10.3. The van der Waals surface area contributed by atoms with Gasteiger partial charge in [-0.1, -0.05) is 0 Å². The Balaban J connectivity index is 3.63. The van der Waals surface area contributed by atoms with Crippen LogP contribution < -0.4 is 7.69 Å². The molecule has 0 saturated heterocycles. The molecule has 1 heterocycles. The first-order valence-corrected chi connectivity index (χ1v) is 7.05. The van der Waals surface area contributed by atoms with Crippen molar-refractivity contribution in [2.45, 2.75) is 25.5 Å². The second kappa shape index (κ2) is 6.34. The van der Waals surface area contributed by atoms with Crippen LogP contribution in [0.1, 0.15) is 6.92 Å². The molecule has 2 nitrogen and oxygen atoms in total. The van der Waals surface area contributed by atoms with Crippen molar-refractivity contribution in [3.05, 3.63) is 7.69 Å². The molecule has 0 aliphatic rings. The van der Waals surface area contributed by atoms with E-state index < -0.39 is 72.6 Å². The molecule has 0 saturated carbocycles. The highest BCUT2D eigenvalue weighted by Crippen LogP contribution is 2.39. The van der Waals surface area contributed by atoms with Crippen molar-refractivity contribution in [3.63, 3.8) is 0 Å². The molecule has 132 valence electrons. The van der Waals surface area contributed by atoms with Crippen molar-refractivity contribution in [3.8, 4) is 0 Å². The monoisotopic (exact) mass is 392 g/mol. The van der Waals surface area contributed by atoms with Gasteiger partial charge in [0.25, 0.3) is 0 Å². The van der Waals surface area contributed by atoms with Gasteiger partial charge in [-0.25, -0.2) is 4.79 Å². The summed E-state index contributed by atoms with van der Waals surface area (Å²) in [6, 6.07) is 0. The first-order chi connectivity index (χ1) is 10.2. The zero-order valence-corrected chi connectivity index (χ0v) is 12.4. The minimum absolute atomic E-state index is 0.414. The third kappa shape index (κ3) is 4.62. The zero-order valence-electron chi connectivity index (χ0n) is 10.7. The fourth-order valence-corrected chi connectivity index (χ4v) is 3.66. The number of carbonyl (C=O) groups excluding carboxylic acids is 1. The predicted octanol–water partition coefficient (Wildman–Crippen LogP) is 3.36. The molecule has 0 unspecified atom stereocenters. The average Bonchev–Trinajstić information content (AvgIpc) is 2.20. The molecule has 0 bridgehead atoms. The molecule has 0 radical (unpaired) electrons. The van der Waals surface area contributed by atoms with Crippen LogP contribution in [0.4, 0.5) is 39.5 Å². The van der Waals surface area contributed by atoms with Gasteiger partial charge in [0, 0.05) is 0 Å². The van der Waals surface area contributed by atoms with E-state index in [1.807, 2.05) is 0 Å². The van der Waals surface area contributed by atoms with Crippen molar-refractivity contribution in [1.82, 2.24) is 0 Å². The zero-order chi connectivity index (χ0) is 18.2. The maximum Gasteiger partial charge on any atom is 0.425 e. The summed E-state index contributed by atoms with van der Waals surface area (Å²) in [6.07, 6.45) is -16.9. The fourth-order valence-electron chi connectivity index (χ4n) is 1.29. The summed E-state index contributed by atoms with van der Waals surface area (Å²) in [6.45, 7) is 0.744. The van der Waals surface area contributed by atoms with E-state index in [0.29, 0.717) is 0 Å². The van der Waals surface area contributed by atoms with Gasteiger partial charge >= 0.3 is 24.5 Å². The third-order valence-electron chi connectivity index (χ3n) is 2.11. The molecule has 13 heteroatoms. The standard InChI is InChI=1S/C10H5F9O2S2/c1-2-21-5(20)3(8(11,12)13)6-22-7(23-6)4(9(14,15)16)10(17,18)19/h2H2,1H3.